The lowest BCUT2D eigenvalue weighted by Gasteiger charge is -2.14. The Hall–Kier alpha value is -3.53. The van der Waals surface area contributed by atoms with Crippen LogP contribution in [0.1, 0.15) is 26.7 Å². The predicted molar refractivity (Wildman–Crippen MR) is 126 cm³/mol. The molecule has 0 aliphatic rings. The van der Waals surface area contributed by atoms with Crippen molar-refractivity contribution in [3.05, 3.63) is 40.9 Å². The van der Waals surface area contributed by atoms with Crippen molar-refractivity contribution in [3.63, 3.8) is 0 Å². The van der Waals surface area contributed by atoms with E-state index in [2.05, 4.69) is 25.6 Å². The maximum absolute atomic E-state index is 13.2. The highest BCUT2D eigenvalue weighted by Crippen LogP contribution is 2.22. The molecule has 10 nitrogen and oxygen atoms in total. The summed E-state index contributed by atoms with van der Waals surface area (Å²) in [6.07, 6.45) is 5.00. The van der Waals surface area contributed by atoms with Gasteiger partial charge in [-0.15, -0.1) is 0 Å². The molecule has 3 aromatic heterocycles. The number of anilines is 1. The molecule has 0 saturated heterocycles. The number of hydrogen-bond acceptors (Lipinski definition) is 8. The minimum absolute atomic E-state index is 0.0386. The molecule has 0 aliphatic heterocycles. The zero-order valence-corrected chi connectivity index (χ0v) is 19.3. The van der Waals surface area contributed by atoms with Crippen LogP contribution < -0.4 is 20.9 Å². The van der Waals surface area contributed by atoms with Gasteiger partial charge >= 0.3 is 0 Å². The van der Waals surface area contributed by atoms with Crippen LogP contribution in [0.4, 0.5) is 5.82 Å². The highest BCUT2D eigenvalue weighted by molar-refractivity contribution is 5.82. The number of aromatic nitrogens is 4. The van der Waals surface area contributed by atoms with Crippen molar-refractivity contribution in [2.24, 2.45) is 0 Å². The van der Waals surface area contributed by atoms with Crippen LogP contribution in [0.15, 0.2) is 35.4 Å². The van der Waals surface area contributed by atoms with Gasteiger partial charge in [0.2, 0.25) is 11.8 Å². The number of carbonyl (C=O) groups is 1. The van der Waals surface area contributed by atoms with Gasteiger partial charge in [0.25, 0.3) is 5.56 Å². The minimum Gasteiger partial charge on any atom is -0.481 e. The summed E-state index contributed by atoms with van der Waals surface area (Å²) in [5.74, 6) is 0.409. The maximum Gasteiger partial charge on any atom is 0.293 e. The van der Waals surface area contributed by atoms with Gasteiger partial charge in [-0.1, -0.05) is 13.8 Å². The fourth-order valence-electron chi connectivity index (χ4n) is 3.19. The molecule has 0 radical (unpaired) electrons. The average Bonchev–Trinajstić information content (AvgIpc) is 2.85. The van der Waals surface area contributed by atoms with Gasteiger partial charge in [0.1, 0.15) is 5.52 Å². The molecule has 0 bridgehead atoms. The van der Waals surface area contributed by atoms with E-state index in [0.717, 1.165) is 18.4 Å². The third kappa shape index (κ3) is 6.26. The van der Waals surface area contributed by atoms with Crippen LogP contribution in [-0.4, -0.2) is 58.8 Å². The van der Waals surface area contributed by atoms with E-state index in [-0.39, 0.29) is 23.8 Å². The molecule has 2 N–H and O–H groups in total. The van der Waals surface area contributed by atoms with Crippen LogP contribution in [0.3, 0.4) is 0 Å². The van der Waals surface area contributed by atoms with Crippen molar-refractivity contribution in [1.82, 2.24) is 24.8 Å². The molecule has 3 rings (SSSR count). The lowest BCUT2D eigenvalue weighted by atomic mass is 10.2. The molecule has 0 unspecified atom stereocenters. The third-order valence-corrected chi connectivity index (χ3v) is 4.87. The fourth-order valence-corrected chi connectivity index (χ4v) is 3.19. The first kappa shape index (κ1) is 24.1. The molecule has 0 fully saturated rings. The molecule has 33 heavy (non-hydrogen) atoms. The molecule has 176 valence electrons. The van der Waals surface area contributed by atoms with E-state index in [1.165, 1.54) is 0 Å². The zero-order chi connectivity index (χ0) is 23.6. The number of pyridine rings is 2. The number of ether oxygens (including phenoxy) is 2. The molecular formula is C23H30N6O4. The molecule has 1 amide bonds. The number of hydrogen-bond donors (Lipinski definition) is 2. The maximum atomic E-state index is 13.2. The lowest BCUT2D eigenvalue weighted by Crippen LogP contribution is -2.33. The Labute approximate surface area is 192 Å². The van der Waals surface area contributed by atoms with E-state index in [0.29, 0.717) is 48.9 Å². The smallest absolute Gasteiger partial charge is 0.293 e. The summed E-state index contributed by atoms with van der Waals surface area (Å²) >= 11 is 0. The standard InChI is InChI=1S/C23H30N6O4/c1-4-8-24-20(30)15-27-22-23(31)29(9-11-33-10-5-2)19-12-17(25-14-18(19)28-22)16-6-7-21(32-3)26-13-16/h6-7,12-14H,4-5,8-11,15H2,1-3H3,(H,24,30)(H,27,28). The van der Waals surface area contributed by atoms with Gasteiger partial charge in [-0.25, -0.2) is 9.97 Å². The Morgan fingerprint density at radius 3 is 2.67 bits per heavy atom. The lowest BCUT2D eigenvalue weighted by molar-refractivity contribution is -0.119. The van der Waals surface area contributed by atoms with Gasteiger partial charge in [0.15, 0.2) is 5.82 Å². The van der Waals surface area contributed by atoms with E-state index >= 15 is 0 Å². The Bertz CT molecular complexity index is 1130. The molecule has 0 aromatic carbocycles. The second kappa shape index (κ2) is 11.9. The van der Waals surface area contributed by atoms with Gasteiger partial charge in [-0.05, 0) is 25.0 Å². The minimum atomic E-state index is -0.323. The largest absolute Gasteiger partial charge is 0.481 e. The van der Waals surface area contributed by atoms with Crippen molar-refractivity contribution >= 4 is 22.8 Å². The topological polar surface area (TPSA) is 120 Å². The number of carbonyl (C=O) groups excluding carboxylic acids is 1. The second-order valence-electron chi connectivity index (χ2n) is 7.38. The summed E-state index contributed by atoms with van der Waals surface area (Å²) < 4.78 is 12.3. The summed E-state index contributed by atoms with van der Waals surface area (Å²) in [5.41, 5.74) is 2.28. The Morgan fingerprint density at radius 1 is 1.12 bits per heavy atom. The van der Waals surface area contributed by atoms with Gasteiger partial charge < -0.3 is 24.7 Å². The molecule has 3 aromatic rings. The third-order valence-electron chi connectivity index (χ3n) is 4.87. The van der Waals surface area contributed by atoms with E-state index in [9.17, 15) is 9.59 Å². The molecule has 0 spiro atoms. The van der Waals surface area contributed by atoms with Gasteiger partial charge in [0.05, 0.1) is 37.7 Å². The van der Waals surface area contributed by atoms with Crippen LogP contribution in [0, 0.1) is 0 Å². The molecular weight excluding hydrogens is 424 g/mol. The van der Waals surface area contributed by atoms with E-state index in [4.69, 9.17) is 9.47 Å². The van der Waals surface area contributed by atoms with Gasteiger partial charge in [-0.3, -0.25) is 14.6 Å². The number of nitrogens with zero attached hydrogens (tertiary/aromatic N) is 4. The van der Waals surface area contributed by atoms with Crippen molar-refractivity contribution in [3.8, 4) is 17.1 Å². The number of amides is 1. The molecule has 3 heterocycles. The van der Waals surface area contributed by atoms with Crippen LogP contribution >= 0.6 is 0 Å². The monoisotopic (exact) mass is 454 g/mol. The summed E-state index contributed by atoms with van der Waals surface area (Å²) in [6, 6.07) is 5.41. The first-order valence-electron chi connectivity index (χ1n) is 11.1. The van der Waals surface area contributed by atoms with Crippen molar-refractivity contribution in [1.29, 1.82) is 0 Å². The Balaban J connectivity index is 1.96. The Kier molecular flexibility index (Phi) is 8.71. The van der Waals surface area contributed by atoms with Crippen LogP contribution in [0.25, 0.3) is 22.3 Å². The number of methoxy groups -OCH3 is 1. The summed E-state index contributed by atoms with van der Waals surface area (Å²) in [4.78, 5) is 38.3. The summed E-state index contributed by atoms with van der Waals surface area (Å²) in [5, 5.41) is 5.64. The fraction of sp³-hybridized carbons (Fsp3) is 0.435. The normalized spacial score (nSPS) is 10.9. The van der Waals surface area contributed by atoms with Crippen molar-refractivity contribution < 1.29 is 14.3 Å². The van der Waals surface area contributed by atoms with Gasteiger partial charge in [0, 0.05) is 37.5 Å². The van der Waals surface area contributed by atoms with E-state index in [1.807, 2.05) is 26.0 Å². The van der Waals surface area contributed by atoms with E-state index in [1.54, 1.807) is 30.1 Å². The SMILES string of the molecule is CCCNC(=O)CNc1nc2cnc(-c3ccc(OC)nc3)cc2n(CCOCCC)c1=O. The van der Waals surface area contributed by atoms with Crippen LogP contribution in [0.2, 0.25) is 0 Å². The highest BCUT2D eigenvalue weighted by Gasteiger charge is 2.14. The average molecular weight is 455 g/mol. The molecule has 0 atom stereocenters. The first-order chi connectivity index (χ1) is 16.1. The molecule has 0 saturated carbocycles. The molecule has 10 heteroatoms. The predicted octanol–water partition coefficient (Wildman–Crippen LogP) is 2.23. The summed E-state index contributed by atoms with van der Waals surface area (Å²) in [6.45, 7) is 5.89. The second-order valence-corrected chi connectivity index (χ2v) is 7.38. The number of rotatable bonds is 12. The van der Waals surface area contributed by atoms with Crippen molar-refractivity contribution in [2.75, 3.05) is 38.7 Å². The summed E-state index contributed by atoms with van der Waals surface area (Å²) in [7, 11) is 1.56. The van der Waals surface area contributed by atoms with Gasteiger partial charge in [-0.2, -0.15) is 0 Å². The van der Waals surface area contributed by atoms with Crippen LogP contribution in [0.5, 0.6) is 5.88 Å². The molecule has 0 aliphatic carbocycles. The van der Waals surface area contributed by atoms with Crippen molar-refractivity contribution in [2.45, 2.75) is 33.2 Å². The van der Waals surface area contributed by atoms with Crippen LogP contribution in [-0.2, 0) is 16.1 Å². The first-order valence-corrected chi connectivity index (χ1v) is 11.1. The number of fused-ring (bicyclic) bond motifs is 1. The quantitative estimate of drug-likeness (QED) is 0.400. The van der Waals surface area contributed by atoms with E-state index < -0.39 is 0 Å². The zero-order valence-electron chi connectivity index (χ0n) is 19.3. The number of nitrogens with one attached hydrogen (secondary N) is 2. The highest BCUT2D eigenvalue weighted by atomic mass is 16.5. The Morgan fingerprint density at radius 2 is 1.97 bits per heavy atom.